The first kappa shape index (κ1) is 9.88. The second kappa shape index (κ2) is 4.66. The fourth-order valence-corrected chi connectivity index (χ4v) is 0.769. The van der Waals surface area contributed by atoms with E-state index in [-0.39, 0.29) is 18.6 Å². The molecule has 0 aromatic carbocycles. The van der Waals surface area contributed by atoms with Gasteiger partial charge in [0.05, 0.1) is 6.10 Å². The Balaban J connectivity index is 3.58. The summed E-state index contributed by atoms with van der Waals surface area (Å²) in [6.45, 7) is 3.90. The van der Waals surface area contributed by atoms with E-state index in [9.17, 15) is 5.11 Å². The number of nitrogens with two attached hydrogens (primary N) is 1. The third-order valence-corrected chi connectivity index (χ3v) is 1.64. The van der Waals surface area contributed by atoms with Gasteiger partial charge in [-0.2, -0.15) is 0 Å². The zero-order valence-corrected chi connectivity index (χ0v) is 6.62. The van der Waals surface area contributed by atoms with Gasteiger partial charge in [0.25, 0.3) is 0 Å². The van der Waals surface area contributed by atoms with Crippen LogP contribution in [0.25, 0.3) is 0 Å². The van der Waals surface area contributed by atoms with E-state index in [1.165, 1.54) is 0 Å². The molecule has 0 aromatic heterocycles. The van der Waals surface area contributed by atoms with Gasteiger partial charge in [0.2, 0.25) is 0 Å². The van der Waals surface area contributed by atoms with Crippen molar-refractivity contribution in [2.45, 2.75) is 32.4 Å². The molecule has 2 atom stereocenters. The smallest absolute Gasteiger partial charge is 0.0715 e. The molecule has 0 aromatic rings. The van der Waals surface area contributed by atoms with Crippen molar-refractivity contribution in [3.8, 4) is 0 Å². The second-order valence-corrected chi connectivity index (χ2v) is 2.90. The third-order valence-electron chi connectivity index (χ3n) is 1.64. The van der Waals surface area contributed by atoms with Crippen molar-refractivity contribution in [2.24, 2.45) is 11.7 Å². The maximum absolute atomic E-state index is 9.20. The van der Waals surface area contributed by atoms with Crippen molar-refractivity contribution >= 4 is 0 Å². The Bertz CT molecular complexity index is 85.7. The van der Waals surface area contributed by atoms with Crippen molar-refractivity contribution in [3.63, 3.8) is 0 Å². The van der Waals surface area contributed by atoms with Crippen LogP contribution in [0.15, 0.2) is 0 Å². The van der Waals surface area contributed by atoms with Crippen LogP contribution in [0.1, 0.15) is 20.3 Å². The van der Waals surface area contributed by atoms with Crippen LogP contribution < -0.4 is 5.73 Å². The minimum atomic E-state index is -0.565. The Morgan fingerprint density at radius 2 is 1.90 bits per heavy atom. The molecular weight excluding hydrogens is 130 g/mol. The van der Waals surface area contributed by atoms with Crippen LogP contribution in [0.4, 0.5) is 0 Å². The summed E-state index contributed by atoms with van der Waals surface area (Å²) in [5.41, 5.74) is 5.58. The molecule has 0 heterocycles. The molecule has 3 heteroatoms. The number of hydrogen-bond donors (Lipinski definition) is 3. The van der Waals surface area contributed by atoms with Gasteiger partial charge in [-0.05, 0) is 12.3 Å². The molecule has 0 amide bonds. The zero-order valence-electron chi connectivity index (χ0n) is 6.62. The topological polar surface area (TPSA) is 66.5 Å². The van der Waals surface area contributed by atoms with E-state index < -0.39 is 6.10 Å². The first-order chi connectivity index (χ1) is 4.59. The summed E-state index contributed by atoms with van der Waals surface area (Å²) in [6.07, 6.45) is -0.190. The molecule has 0 radical (unpaired) electrons. The lowest BCUT2D eigenvalue weighted by Crippen LogP contribution is -2.39. The molecule has 0 saturated carbocycles. The maximum atomic E-state index is 9.20. The molecule has 0 rings (SSSR count). The van der Waals surface area contributed by atoms with Gasteiger partial charge in [0.1, 0.15) is 0 Å². The predicted octanol–water partition coefficient (Wildman–Crippen LogP) is -0.287. The number of aliphatic hydroxyl groups is 2. The quantitative estimate of drug-likeness (QED) is 0.512. The molecule has 62 valence electrons. The lowest BCUT2D eigenvalue weighted by atomic mass is 9.98. The SMILES string of the molecule is CC(C)C(N)C(O)CCO. The fraction of sp³-hybridized carbons (Fsp3) is 1.00. The summed E-state index contributed by atoms with van der Waals surface area (Å²) in [4.78, 5) is 0. The maximum Gasteiger partial charge on any atom is 0.0715 e. The minimum Gasteiger partial charge on any atom is -0.396 e. The van der Waals surface area contributed by atoms with E-state index in [0.717, 1.165) is 0 Å². The average Bonchev–Trinajstić information content (AvgIpc) is 1.87. The summed E-state index contributed by atoms with van der Waals surface area (Å²) in [6, 6.07) is -0.216. The van der Waals surface area contributed by atoms with E-state index in [2.05, 4.69) is 0 Å². The van der Waals surface area contributed by atoms with Gasteiger partial charge in [0, 0.05) is 12.6 Å². The van der Waals surface area contributed by atoms with Crippen LogP contribution in [0.2, 0.25) is 0 Å². The highest BCUT2D eigenvalue weighted by molar-refractivity contribution is 4.73. The zero-order chi connectivity index (χ0) is 8.15. The van der Waals surface area contributed by atoms with Crippen LogP contribution >= 0.6 is 0 Å². The van der Waals surface area contributed by atoms with Gasteiger partial charge >= 0.3 is 0 Å². The second-order valence-electron chi connectivity index (χ2n) is 2.90. The van der Waals surface area contributed by atoms with Crippen LogP contribution in [-0.2, 0) is 0 Å². The molecule has 10 heavy (non-hydrogen) atoms. The molecule has 0 aliphatic carbocycles. The van der Waals surface area contributed by atoms with E-state index in [1.807, 2.05) is 13.8 Å². The first-order valence-corrected chi connectivity index (χ1v) is 3.64. The van der Waals surface area contributed by atoms with Crippen molar-refractivity contribution in [2.75, 3.05) is 6.61 Å². The Morgan fingerprint density at radius 3 is 2.20 bits per heavy atom. The molecule has 0 aliphatic heterocycles. The highest BCUT2D eigenvalue weighted by Gasteiger charge is 2.16. The van der Waals surface area contributed by atoms with Crippen molar-refractivity contribution < 1.29 is 10.2 Å². The molecule has 0 bridgehead atoms. The van der Waals surface area contributed by atoms with Gasteiger partial charge in [-0.15, -0.1) is 0 Å². The summed E-state index contributed by atoms with van der Waals surface area (Å²) >= 11 is 0. The molecule has 0 spiro atoms. The average molecular weight is 147 g/mol. The summed E-state index contributed by atoms with van der Waals surface area (Å²) < 4.78 is 0. The van der Waals surface area contributed by atoms with Crippen LogP contribution in [-0.4, -0.2) is 29.0 Å². The van der Waals surface area contributed by atoms with Crippen molar-refractivity contribution in [3.05, 3.63) is 0 Å². The summed E-state index contributed by atoms with van der Waals surface area (Å²) in [5.74, 6) is 0.265. The Labute approximate surface area is 61.9 Å². The van der Waals surface area contributed by atoms with Crippen LogP contribution in [0, 0.1) is 5.92 Å². The highest BCUT2D eigenvalue weighted by Crippen LogP contribution is 2.05. The monoisotopic (exact) mass is 147 g/mol. The lowest BCUT2D eigenvalue weighted by Gasteiger charge is -2.20. The molecule has 4 N–H and O–H groups in total. The number of aliphatic hydroxyl groups excluding tert-OH is 2. The van der Waals surface area contributed by atoms with E-state index >= 15 is 0 Å². The standard InChI is InChI=1S/C7H17NO2/c1-5(2)7(8)6(10)3-4-9/h5-7,9-10H,3-4,8H2,1-2H3. The molecule has 0 aliphatic rings. The van der Waals surface area contributed by atoms with Gasteiger partial charge < -0.3 is 15.9 Å². The Morgan fingerprint density at radius 1 is 1.40 bits per heavy atom. The highest BCUT2D eigenvalue weighted by atomic mass is 16.3. The molecule has 0 fully saturated rings. The van der Waals surface area contributed by atoms with E-state index in [0.29, 0.717) is 6.42 Å². The van der Waals surface area contributed by atoms with Crippen LogP contribution in [0.3, 0.4) is 0 Å². The van der Waals surface area contributed by atoms with Gasteiger partial charge in [-0.3, -0.25) is 0 Å². The molecule has 2 unspecified atom stereocenters. The van der Waals surface area contributed by atoms with Gasteiger partial charge in [-0.25, -0.2) is 0 Å². The van der Waals surface area contributed by atoms with E-state index in [4.69, 9.17) is 10.8 Å². The Kier molecular flexibility index (Phi) is 4.60. The van der Waals surface area contributed by atoms with E-state index in [1.54, 1.807) is 0 Å². The number of rotatable bonds is 4. The summed E-state index contributed by atoms with van der Waals surface area (Å²) in [7, 11) is 0. The fourth-order valence-electron chi connectivity index (χ4n) is 0.769. The molecule has 3 nitrogen and oxygen atoms in total. The normalized spacial score (nSPS) is 17.4. The number of hydrogen-bond acceptors (Lipinski definition) is 3. The van der Waals surface area contributed by atoms with Crippen molar-refractivity contribution in [1.29, 1.82) is 0 Å². The predicted molar refractivity (Wildman–Crippen MR) is 40.5 cm³/mol. The summed E-state index contributed by atoms with van der Waals surface area (Å²) in [5, 5.41) is 17.7. The molecule has 0 saturated heterocycles. The van der Waals surface area contributed by atoms with Crippen molar-refractivity contribution in [1.82, 2.24) is 0 Å². The largest absolute Gasteiger partial charge is 0.396 e. The minimum absolute atomic E-state index is 0.00157. The first-order valence-electron chi connectivity index (χ1n) is 3.64. The van der Waals surface area contributed by atoms with Gasteiger partial charge in [0.15, 0.2) is 0 Å². The van der Waals surface area contributed by atoms with Crippen LogP contribution in [0.5, 0.6) is 0 Å². The Hall–Kier alpha value is -0.120. The molecular formula is C7H17NO2. The lowest BCUT2D eigenvalue weighted by molar-refractivity contribution is 0.0937. The third kappa shape index (κ3) is 3.15. The van der Waals surface area contributed by atoms with Gasteiger partial charge in [-0.1, -0.05) is 13.8 Å².